The summed E-state index contributed by atoms with van der Waals surface area (Å²) in [5, 5.41) is 10.9. The van der Waals surface area contributed by atoms with E-state index in [2.05, 4.69) is 22.5 Å². The van der Waals surface area contributed by atoms with Gasteiger partial charge in [-0.25, -0.2) is 0 Å². The first-order valence-electron chi connectivity index (χ1n) is 11.9. The first kappa shape index (κ1) is 23.8. The average molecular weight is 506 g/mol. The van der Waals surface area contributed by atoms with E-state index >= 15 is 0 Å². The summed E-state index contributed by atoms with van der Waals surface area (Å²) < 4.78 is 6.56. The van der Waals surface area contributed by atoms with Gasteiger partial charge in [0.05, 0.1) is 11.6 Å². The number of hydrogen-bond donors (Lipinski definition) is 1. The molecule has 35 heavy (non-hydrogen) atoms. The van der Waals surface area contributed by atoms with Crippen LogP contribution >= 0.6 is 22.9 Å². The molecule has 0 aliphatic carbocycles. The number of amides is 1. The third-order valence-corrected chi connectivity index (χ3v) is 8.33. The summed E-state index contributed by atoms with van der Waals surface area (Å²) in [6, 6.07) is 17.6. The number of carbonyl (C=O) groups excluding carboxylic acids is 1. The number of nitrogens with zero attached hydrogens (tertiary/aromatic N) is 2. The molecule has 2 aromatic carbocycles. The Kier molecular flexibility index (Phi) is 6.76. The summed E-state index contributed by atoms with van der Waals surface area (Å²) in [6.45, 7) is 1.13. The summed E-state index contributed by atoms with van der Waals surface area (Å²) in [4.78, 5) is 21.4. The number of likely N-dealkylation sites (tertiary alicyclic amines) is 1. The van der Waals surface area contributed by atoms with Crippen LogP contribution in [-0.4, -0.2) is 48.5 Å². The molecule has 1 atom stereocenters. The number of aryl methyl sites for hydroxylation is 2. The van der Waals surface area contributed by atoms with Crippen molar-refractivity contribution in [3.8, 4) is 5.75 Å². The van der Waals surface area contributed by atoms with Gasteiger partial charge in [-0.3, -0.25) is 9.79 Å². The second-order valence-electron chi connectivity index (χ2n) is 9.09. The number of benzene rings is 2. The van der Waals surface area contributed by atoms with Gasteiger partial charge in [0.25, 0.3) is 5.91 Å². The van der Waals surface area contributed by atoms with Gasteiger partial charge < -0.3 is 15.0 Å². The van der Waals surface area contributed by atoms with Crippen molar-refractivity contribution in [2.24, 2.45) is 10.9 Å². The van der Waals surface area contributed by atoms with Crippen molar-refractivity contribution in [2.75, 3.05) is 20.1 Å². The number of nitrogens with one attached hydrogen (secondary N) is 1. The van der Waals surface area contributed by atoms with E-state index in [-0.39, 0.29) is 11.8 Å². The maximum absolute atomic E-state index is 13.6. The van der Waals surface area contributed by atoms with Gasteiger partial charge in [-0.05, 0) is 60.2 Å². The Morgan fingerprint density at radius 2 is 2.00 bits per heavy atom. The van der Waals surface area contributed by atoms with Crippen molar-refractivity contribution in [3.63, 3.8) is 0 Å². The van der Waals surface area contributed by atoms with E-state index in [0.29, 0.717) is 31.0 Å². The fraction of sp³-hybridized carbons (Fsp3) is 0.321. The largest absolute Gasteiger partial charge is 0.485 e. The van der Waals surface area contributed by atoms with Crippen LogP contribution in [0.2, 0.25) is 5.02 Å². The third-order valence-electron chi connectivity index (χ3n) is 7.16. The number of halogens is 1. The minimum atomic E-state index is -0.566. The predicted molar refractivity (Wildman–Crippen MR) is 143 cm³/mol. The Morgan fingerprint density at radius 1 is 1.20 bits per heavy atom. The topological polar surface area (TPSA) is 65.8 Å². The Morgan fingerprint density at radius 3 is 2.71 bits per heavy atom. The van der Waals surface area contributed by atoms with E-state index in [0.717, 1.165) is 41.0 Å². The third kappa shape index (κ3) is 4.53. The molecule has 5 rings (SSSR count). The van der Waals surface area contributed by atoms with Crippen molar-refractivity contribution in [1.82, 2.24) is 4.90 Å². The minimum Gasteiger partial charge on any atom is -0.485 e. The maximum atomic E-state index is 13.6. The molecule has 1 spiro atoms. The van der Waals surface area contributed by atoms with E-state index in [1.165, 1.54) is 11.1 Å². The average Bonchev–Trinajstić information content (AvgIpc) is 3.40. The summed E-state index contributed by atoms with van der Waals surface area (Å²) in [5.41, 5.74) is 2.97. The molecule has 1 N–H and O–H groups in total. The minimum absolute atomic E-state index is 0.0321. The molecule has 0 saturated carbocycles. The highest BCUT2D eigenvalue weighted by Gasteiger charge is 2.49. The molecule has 180 valence electrons. The smallest absolute Gasteiger partial charge is 0.254 e. The SMILES string of the molecule is CN=C1c2ccccc2OC2(CCN(C(=O)c3ccc(Cl)cc3CCc3cccs3)CC2)C1C=N. The van der Waals surface area contributed by atoms with Gasteiger partial charge in [-0.1, -0.05) is 29.8 Å². The van der Waals surface area contributed by atoms with Crippen LogP contribution in [0.25, 0.3) is 0 Å². The highest BCUT2D eigenvalue weighted by molar-refractivity contribution is 7.09. The van der Waals surface area contributed by atoms with E-state index in [1.54, 1.807) is 24.5 Å². The van der Waals surface area contributed by atoms with Crippen LogP contribution in [0.5, 0.6) is 5.75 Å². The second kappa shape index (κ2) is 9.96. The number of rotatable bonds is 5. The highest BCUT2D eigenvalue weighted by atomic mass is 35.5. The van der Waals surface area contributed by atoms with E-state index in [1.807, 2.05) is 41.3 Å². The molecule has 7 heteroatoms. The summed E-state index contributed by atoms with van der Waals surface area (Å²) >= 11 is 8.03. The van der Waals surface area contributed by atoms with Gasteiger partial charge in [-0.2, -0.15) is 0 Å². The molecule has 2 aliphatic rings. The molecular weight excluding hydrogens is 478 g/mol. The quantitative estimate of drug-likeness (QED) is 0.436. The number of aliphatic imine (C=N–C) groups is 1. The van der Waals surface area contributed by atoms with E-state index < -0.39 is 5.60 Å². The van der Waals surface area contributed by atoms with Crippen molar-refractivity contribution in [1.29, 1.82) is 5.41 Å². The Labute approximate surface area is 214 Å². The molecule has 5 nitrogen and oxygen atoms in total. The lowest BCUT2D eigenvalue weighted by molar-refractivity contribution is -0.00864. The van der Waals surface area contributed by atoms with Crippen molar-refractivity contribution >= 4 is 40.8 Å². The normalized spacial score (nSPS) is 19.9. The lowest BCUT2D eigenvalue weighted by Crippen LogP contribution is -2.58. The number of para-hydroxylation sites is 1. The van der Waals surface area contributed by atoms with Crippen LogP contribution in [0.15, 0.2) is 65.0 Å². The summed E-state index contributed by atoms with van der Waals surface area (Å²) in [5.74, 6) is 0.598. The molecule has 1 unspecified atom stereocenters. The van der Waals surface area contributed by atoms with Crippen LogP contribution in [0, 0.1) is 11.3 Å². The van der Waals surface area contributed by atoms with Crippen LogP contribution in [0.1, 0.15) is 39.2 Å². The van der Waals surface area contributed by atoms with Gasteiger partial charge in [0.15, 0.2) is 0 Å². The van der Waals surface area contributed by atoms with Crippen LogP contribution in [0.3, 0.4) is 0 Å². The molecule has 3 heterocycles. The van der Waals surface area contributed by atoms with Crippen LogP contribution in [0.4, 0.5) is 0 Å². The van der Waals surface area contributed by atoms with Gasteiger partial charge >= 0.3 is 0 Å². The van der Waals surface area contributed by atoms with Gasteiger partial charge in [-0.15, -0.1) is 11.3 Å². The predicted octanol–water partition coefficient (Wildman–Crippen LogP) is 5.94. The molecule has 1 saturated heterocycles. The first-order valence-corrected chi connectivity index (χ1v) is 13.2. The zero-order valence-electron chi connectivity index (χ0n) is 19.7. The fourth-order valence-corrected chi connectivity index (χ4v) is 6.22. The number of fused-ring (bicyclic) bond motifs is 1. The number of carbonyl (C=O) groups is 1. The van der Waals surface area contributed by atoms with Crippen molar-refractivity contribution in [3.05, 3.63) is 86.6 Å². The second-order valence-corrected chi connectivity index (χ2v) is 10.6. The van der Waals surface area contributed by atoms with Gasteiger partial charge in [0.1, 0.15) is 11.4 Å². The Bertz CT molecular complexity index is 1260. The lowest BCUT2D eigenvalue weighted by Gasteiger charge is -2.48. The van der Waals surface area contributed by atoms with Crippen LogP contribution in [-0.2, 0) is 12.8 Å². The molecule has 1 amide bonds. The monoisotopic (exact) mass is 505 g/mol. The standard InChI is InChI=1S/C28H28ClN3O2S/c1-31-26-23-6-2-3-7-25(23)34-28(24(26)18-30)12-14-32(15-13-28)27(33)22-11-9-20(29)17-19(22)8-10-21-5-4-16-35-21/h2-7,9,11,16-18,24,30H,8,10,12-15H2,1H3. The number of ether oxygens (including phenoxy) is 1. The van der Waals surface area contributed by atoms with E-state index in [4.69, 9.17) is 21.7 Å². The summed E-state index contributed by atoms with van der Waals surface area (Å²) in [6.07, 6.45) is 4.40. The summed E-state index contributed by atoms with van der Waals surface area (Å²) in [7, 11) is 1.78. The molecule has 0 bridgehead atoms. The van der Waals surface area contributed by atoms with Crippen molar-refractivity contribution < 1.29 is 9.53 Å². The van der Waals surface area contributed by atoms with E-state index in [9.17, 15) is 4.79 Å². The maximum Gasteiger partial charge on any atom is 0.254 e. The zero-order chi connectivity index (χ0) is 24.4. The molecular formula is C28H28ClN3O2S. The van der Waals surface area contributed by atoms with Crippen LogP contribution < -0.4 is 4.74 Å². The molecule has 2 aliphatic heterocycles. The number of piperidine rings is 1. The Hall–Kier alpha value is -2.96. The molecule has 3 aromatic rings. The van der Waals surface area contributed by atoms with Crippen molar-refractivity contribution in [2.45, 2.75) is 31.3 Å². The Balaban J connectivity index is 1.35. The van der Waals surface area contributed by atoms with Gasteiger partial charge in [0.2, 0.25) is 0 Å². The molecule has 1 aromatic heterocycles. The first-order chi connectivity index (χ1) is 17.0. The highest BCUT2D eigenvalue weighted by Crippen LogP contribution is 2.42. The molecule has 1 fully saturated rings. The number of hydrogen-bond acceptors (Lipinski definition) is 5. The number of thiophene rings is 1. The molecule has 0 radical (unpaired) electrons. The lowest BCUT2D eigenvalue weighted by atomic mass is 9.73. The fourth-order valence-electron chi connectivity index (χ4n) is 5.32. The zero-order valence-corrected chi connectivity index (χ0v) is 21.2. The van der Waals surface area contributed by atoms with Gasteiger partial charge in [0, 0.05) is 60.2 Å².